The van der Waals surface area contributed by atoms with Crippen molar-refractivity contribution in [2.24, 2.45) is 5.73 Å². The average Bonchev–Trinajstić information content (AvgIpc) is 3.33. The first-order chi connectivity index (χ1) is 17.4. The molecule has 6 N–H and O–H groups in total. The molecule has 0 spiro atoms. The highest BCUT2D eigenvalue weighted by atomic mass is 19.4. The van der Waals surface area contributed by atoms with Crippen LogP contribution in [0.3, 0.4) is 0 Å². The highest BCUT2D eigenvalue weighted by Gasteiger charge is 2.42. The van der Waals surface area contributed by atoms with Gasteiger partial charge in [0.05, 0.1) is 34.4 Å². The summed E-state index contributed by atoms with van der Waals surface area (Å²) in [6, 6.07) is 7.41. The van der Waals surface area contributed by atoms with Crippen LogP contribution in [0.25, 0.3) is 10.9 Å². The van der Waals surface area contributed by atoms with Gasteiger partial charge in [-0.05, 0) is 38.1 Å². The fourth-order valence-electron chi connectivity index (χ4n) is 4.63. The van der Waals surface area contributed by atoms with Gasteiger partial charge in [0.2, 0.25) is 5.95 Å². The van der Waals surface area contributed by atoms with Crippen LogP contribution in [-0.4, -0.2) is 26.1 Å². The van der Waals surface area contributed by atoms with Gasteiger partial charge in [-0.2, -0.15) is 23.3 Å². The van der Waals surface area contributed by atoms with E-state index in [9.17, 15) is 22.4 Å². The first-order valence-electron chi connectivity index (χ1n) is 11.2. The maximum Gasteiger partial charge on any atom is 0.416 e. The number of nitrogens with one attached hydrogen (secondary N) is 2. The molecule has 0 aliphatic carbocycles. The molecule has 9 nitrogen and oxygen atoms in total. The van der Waals surface area contributed by atoms with Crippen LogP contribution in [0, 0.1) is 5.82 Å². The number of carbonyl (C=O) groups excluding carboxylic acids is 1. The molecule has 192 valence electrons. The van der Waals surface area contributed by atoms with E-state index in [1.54, 1.807) is 12.1 Å². The van der Waals surface area contributed by atoms with Gasteiger partial charge in [-0.1, -0.05) is 12.1 Å². The molecule has 0 saturated carbocycles. The average molecular weight is 514 g/mol. The summed E-state index contributed by atoms with van der Waals surface area (Å²) < 4.78 is 55.1. The second kappa shape index (κ2) is 8.32. The highest BCUT2D eigenvalue weighted by Crippen LogP contribution is 2.42. The monoisotopic (exact) mass is 514 g/mol. The minimum atomic E-state index is -4.75. The van der Waals surface area contributed by atoms with Crippen LogP contribution in [-0.2, 0) is 24.8 Å². The number of alkyl halides is 3. The molecule has 0 saturated heterocycles. The van der Waals surface area contributed by atoms with Crippen LogP contribution in [0.15, 0.2) is 36.4 Å². The highest BCUT2D eigenvalue weighted by molar-refractivity contribution is 6.07. The van der Waals surface area contributed by atoms with Crippen molar-refractivity contribution in [3.63, 3.8) is 0 Å². The minimum absolute atomic E-state index is 0.0998. The van der Waals surface area contributed by atoms with Crippen LogP contribution in [0.2, 0.25) is 0 Å². The number of nitrogen functional groups attached to an aromatic ring is 1. The van der Waals surface area contributed by atoms with E-state index in [4.69, 9.17) is 11.5 Å². The van der Waals surface area contributed by atoms with Gasteiger partial charge in [-0.25, -0.2) is 9.37 Å². The molecule has 4 aromatic rings. The van der Waals surface area contributed by atoms with E-state index in [0.29, 0.717) is 17.7 Å². The second-order valence-electron chi connectivity index (χ2n) is 9.16. The number of primary amides is 1. The van der Waals surface area contributed by atoms with E-state index in [-0.39, 0.29) is 22.8 Å². The lowest BCUT2D eigenvalue weighted by atomic mass is 10.0. The van der Waals surface area contributed by atoms with E-state index in [0.717, 1.165) is 29.5 Å². The van der Waals surface area contributed by atoms with Gasteiger partial charge in [0.15, 0.2) is 5.82 Å². The number of carbonyl (C=O) groups is 1. The quantitative estimate of drug-likeness (QED) is 0.295. The SMILES string of the molecule is CC1(C)c2[nH]nc(N)c2CN1c1nc(NCc2c(F)cccc2C(F)(F)F)c2cccc(C(N)=O)c2n1. The molecule has 2 aromatic heterocycles. The van der Waals surface area contributed by atoms with E-state index in [2.05, 4.69) is 25.5 Å². The number of fused-ring (bicyclic) bond motifs is 2. The molecule has 0 radical (unpaired) electrons. The summed E-state index contributed by atoms with van der Waals surface area (Å²) >= 11 is 0. The Morgan fingerprint density at radius 2 is 1.92 bits per heavy atom. The Balaban J connectivity index is 1.63. The lowest BCUT2D eigenvalue weighted by molar-refractivity contribution is -0.138. The number of hydrogen-bond donors (Lipinski definition) is 4. The van der Waals surface area contributed by atoms with Crippen molar-refractivity contribution in [2.45, 2.75) is 38.7 Å². The summed E-state index contributed by atoms with van der Waals surface area (Å²) in [6.07, 6.45) is -4.75. The van der Waals surface area contributed by atoms with Crippen LogP contribution in [0.5, 0.6) is 0 Å². The predicted molar refractivity (Wildman–Crippen MR) is 129 cm³/mol. The molecule has 1 aliphatic rings. The Hall–Kier alpha value is -4.42. The third-order valence-corrected chi connectivity index (χ3v) is 6.58. The van der Waals surface area contributed by atoms with Crippen LogP contribution in [0.4, 0.5) is 35.1 Å². The summed E-state index contributed by atoms with van der Waals surface area (Å²) in [5, 5.41) is 10.1. The summed E-state index contributed by atoms with van der Waals surface area (Å²) in [5.41, 5.74) is 11.0. The van der Waals surface area contributed by atoms with Crippen molar-refractivity contribution in [3.8, 4) is 0 Å². The second-order valence-corrected chi connectivity index (χ2v) is 9.16. The van der Waals surface area contributed by atoms with Crippen molar-refractivity contribution in [3.05, 3.63) is 70.2 Å². The molecule has 3 heterocycles. The number of aromatic nitrogens is 4. The zero-order valence-electron chi connectivity index (χ0n) is 19.7. The Morgan fingerprint density at radius 1 is 1.19 bits per heavy atom. The molecule has 1 aliphatic heterocycles. The Morgan fingerprint density at radius 3 is 2.59 bits per heavy atom. The lowest BCUT2D eigenvalue weighted by Gasteiger charge is -2.32. The van der Waals surface area contributed by atoms with E-state index >= 15 is 0 Å². The topological polar surface area (TPSA) is 139 Å². The molecule has 0 atom stereocenters. The number of nitrogens with two attached hydrogens (primary N) is 2. The van der Waals surface area contributed by atoms with E-state index in [1.807, 2.05) is 18.7 Å². The summed E-state index contributed by atoms with van der Waals surface area (Å²) in [6.45, 7) is 3.56. The number of aromatic amines is 1. The molecule has 37 heavy (non-hydrogen) atoms. The number of anilines is 3. The third kappa shape index (κ3) is 3.96. The Labute approximate surface area is 207 Å². The van der Waals surface area contributed by atoms with Crippen LogP contribution >= 0.6 is 0 Å². The summed E-state index contributed by atoms with van der Waals surface area (Å²) in [4.78, 5) is 23.2. The van der Waals surface area contributed by atoms with Gasteiger partial charge in [0.1, 0.15) is 11.6 Å². The normalized spacial score (nSPS) is 14.7. The Kier molecular flexibility index (Phi) is 5.46. The fraction of sp³-hybridized carbons (Fsp3) is 0.250. The maximum atomic E-state index is 14.5. The molecule has 2 aromatic carbocycles. The number of benzene rings is 2. The van der Waals surface area contributed by atoms with Crippen molar-refractivity contribution < 1.29 is 22.4 Å². The number of H-pyrrole nitrogens is 1. The van der Waals surface area contributed by atoms with Crippen molar-refractivity contribution in [1.29, 1.82) is 0 Å². The molecule has 5 rings (SSSR count). The number of para-hydroxylation sites is 1. The number of nitrogens with zero attached hydrogens (tertiary/aromatic N) is 4. The summed E-state index contributed by atoms with van der Waals surface area (Å²) in [5.74, 6) is -1.16. The predicted octanol–water partition coefficient (Wildman–Crippen LogP) is 4.06. The standard InChI is InChI=1S/C24H22F4N8O/c1-23(2)18-14(19(29)35-34-18)10-36(23)22-32-17-11(20(30)37)5-3-6-12(17)21(33-22)31-9-13-15(24(26,27)28)7-4-8-16(13)25/h3-8H,9-10H2,1-2H3,(H2,30,37)(H3,29,34,35)(H,31,32,33). The zero-order chi connectivity index (χ0) is 26.7. The van der Waals surface area contributed by atoms with Gasteiger partial charge in [-0.3, -0.25) is 9.89 Å². The van der Waals surface area contributed by atoms with Gasteiger partial charge in [-0.15, -0.1) is 0 Å². The van der Waals surface area contributed by atoms with Crippen molar-refractivity contribution in [1.82, 2.24) is 20.2 Å². The minimum Gasteiger partial charge on any atom is -0.382 e. The molecule has 0 bridgehead atoms. The smallest absolute Gasteiger partial charge is 0.382 e. The first-order valence-corrected chi connectivity index (χ1v) is 11.2. The molecule has 0 fully saturated rings. The molecular formula is C24H22F4N8O. The summed E-state index contributed by atoms with van der Waals surface area (Å²) in [7, 11) is 0. The first kappa shape index (κ1) is 24.3. The largest absolute Gasteiger partial charge is 0.416 e. The van der Waals surface area contributed by atoms with E-state index < -0.39 is 41.1 Å². The van der Waals surface area contributed by atoms with Gasteiger partial charge in [0, 0.05) is 23.1 Å². The number of amides is 1. The Bertz CT molecular complexity index is 1550. The van der Waals surface area contributed by atoms with Crippen LogP contribution < -0.4 is 21.7 Å². The molecule has 1 amide bonds. The number of rotatable bonds is 5. The van der Waals surface area contributed by atoms with E-state index in [1.165, 1.54) is 6.07 Å². The zero-order valence-corrected chi connectivity index (χ0v) is 19.7. The maximum absolute atomic E-state index is 14.5. The van der Waals surface area contributed by atoms with Gasteiger partial charge < -0.3 is 21.7 Å². The fourth-order valence-corrected chi connectivity index (χ4v) is 4.63. The van der Waals surface area contributed by atoms with Crippen molar-refractivity contribution in [2.75, 3.05) is 16.0 Å². The van der Waals surface area contributed by atoms with Gasteiger partial charge >= 0.3 is 6.18 Å². The number of halogens is 4. The lowest BCUT2D eigenvalue weighted by Crippen LogP contribution is -2.37. The van der Waals surface area contributed by atoms with Crippen molar-refractivity contribution >= 4 is 34.4 Å². The molecule has 0 unspecified atom stereocenters. The third-order valence-electron chi connectivity index (χ3n) is 6.58. The molecular weight excluding hydrogens is 492 g/mol. The van der Waals surface area contributed by atoms with Gasteiger partial charge in [0.25, 0.3) is 5.91 Å². The number of hydrogen-bond acceptors (Lipinski definition) is 7. The molecule has 13 heteroatoms. The van der Waals surface area contributed by atoms with Crippen LogP contribution in [0.1, 0.15) is 46.6 Å².